The van der Waals surface area contributed by atoms with E-state index in [-0.39, 0.29) is 56.4 Å². The molecule has 2 rings (SSSR count). The summed E-state index contributed by atoms with van der Waals surface area (Å²) in [5.41, 5.74) is 6.05. The van der Waals surface area contributed by atoms with Gasteiger partial charge in [0.25, 0.3) is 0 Å². The molecule has 1 aromatic rings. The summed E-state index contributed by atoms with van der Waals surface area (Å²) in [6.07, 6.45) is 4.25. The number of amides is 6. The number of likely N-dealkylation sites (tertiary alicyclic amines) is 1. The van der Waals surface area contributed by atoms with E-state index in [1.54, 1.807) is 0 Å². The van der Waals surface area contributed by atoms with Gasteiger partial charge in [-0.1, -0.05) is 41.5 Å². The Morgan fingerprint density at radius 3 is 1.89 bits per heavy atom. The van der Waals surface area contributed by atoms with Crippen molar-refractivity contribution in [2.24, 2.45) is 23.5 Å². The molecule has 0 aliphatic carbocycles. The van der Waals surface area contributed by atoms with Crippen LogP contribution in [0.2, 0.25) is 0 Å². The van der Waals surface area contributed by atoms with Gasteiger partial charge in [0.05, 0.1) is 12.9 Å². The van der Waals surface area contributed by atoms with Crippen LogP contribution in [0.15, 0.2) is 12.5 Å². The molecule has 1 aliphatic rings. The molecule has 0 bridgehead atoms. The number of carboxylic acid groups (broad SMARTS) is 1. The topological polar surface area (TPSA) is 278 Å². The fourth-order valence-electron chi connectivity index (χ4n) is 6.00. The number of imidazole rings is 1. The van der Waals surface area contributed by atoms with Gasteiger partial charge in [0.1, 0.15) is 42.3 Å². The van der Waals surface area contributed by atoms with Gasteiger partial charge in [0.15, 0.2) is 0 Å². The molecule has 298 valence electrons. The number of hydrogen-bond acceptors (Lipinski definition) is 10. The minimum atomic E-state index is -1.22. The van der Waals surface area contributed by atoms with Crippen molar-refractivity contribution in [3.05, 3.63) is 18.2 Å². The van der Waals surface area contributed by atoms with E-state index in [0.717, 1.165) is 0 Å². The van der Waals surface area contributed by atoms with Crippen LogP contribution in [0, 0.1) is 17.8 Å². The number of aliphatic hydroxyl groups excluding tert-OH is 1. The lowest BCUT2D eigenvalue weighted by Gasteiger charge is -2.31. The second kappa shape index (κ2) is 21.2. The maximum atomic E-state index is 13.9. The van der Waals surface area contributed by atoms with Crippen LogP contribution in [0.1, 0.15) is 86.3 Å². The van der Waals surface area contributed by atoms with Gasteiger partial charge in [0, 0.05) is 24.9 Å². The first kappa shape index (κ1) is 44.6. The third kappa shape index (κ3) is 14.4. The Labute approximate surface area is 310 Å². The normalized spacial score (nSPS) is 17.7. The van der Waals surface area contributed by atoms with Gasteiger partial charge in [-0.05, 0) is 56.8 Å². The molecule has 6 amide bonds. The summed E-state index contributed by atoms with van der Waals surface area (Å²) in [6, 6.07) is -7.79. The second-order valence-electron chi connectivity index (χ2n) is 15.0. The molecule has 0 saturated carbocycles. The lowest BCUT2D eigenvalue weighted by Crippen LogP contribution is -2.60. The first-order chi connectivity index (χ1) is 24.8. The zero-order valence-corrected chi connectivity index (χ0v) is 31.8. The Bertz CT molecular complexity index is 1400. The van der Waals surface area contributed by atoms with E-state index in [0.29, 0.717) is 12.1 Å². The van der Waals surface area contributed by atoms with Crippen molar-refractivity contribution in [1.82, 2.24) is 41.5 Å². The van der Waals surface area contributed by atoms with Gasteiger partial charge in [-0.2, -0.15) is 0 Å². The number of aromatic amines is 1. The molecule has 0 unspecified atom stereocenters. The van der Waals surface area contributed by atoms with E-state index in [2.05, 4.69) is 36.6 Å². The molecule has 18 nitrogen and oxygen atoms in total. The third-order valence-corrected chi connectivity index (χ3v) is 8.72. The molecule has 0 aromatic carbocycles. The lowest BCUT2D eigenvalue weighted by molar-refractivity contribution is -0.143. The average Bonchev–Trinajstić information content (AvgIpc) is 3.78. The Morgan fingerprint density at radius 2 is 1.34 bits per heavy atom. The molecule has 1 saturated heterocycles. The molecule has 7 atom stereocenters. The summed E-state index contributed by atoms with van der Waals surface area (Å²) < 4.78 is 0. The van der Waals surface area contributed by atoms with Crippen molar-refractivity contribution < 1.29 is 43.8 Å². The molecule has 0 spiro atoms. The van der Waals surface area contributed by atoms with Crippen LogP contribution in [0.3, 0.4) is 0 Å². The fraction of sp³-hybridized carbons (Fsp3) is 0.714. The summed E-state index contributed by atoms with van der Waals surface area (Å²) in [7, 11) is 0. The van der Waals surface area contributed by atoms with E-state index in [1.807, 2.05) is 41.5 Å². The first-order valence-electron chi connectivity index (χ1n) is 18.2. The van der Waals surface area contributed by atoms with E-state index < -0.39 is 90.3 Å². The Hall–Kier alpha value is -4.58. The smallest absolute Gasteiger partial charge is 0.326 e. The van der Waals surface area contributed by atoms with Gasteiger partial charge < -0.3 is 52.4 Å². The van der Waals surface area contributed by atoms with Gasteiger partial charge in [-0.15, -0.1) is 0 Å². The summed E-state index contributed by atoms with van der Waals surface area (Å²) in [5, 5.41) is 31.9. The number of nitrogens with zero attached hydrogens (tertiary/aromatic N) is 2. The molecule has 53 heavy (non-hydrogen) atoms. The van der Waals surface area contributed by atoms with Crippen molar-refractivity contribution in [2.45, 2.75) is 129 Å². The molecular weight excluding hydrogens is 690 g/mol. The standard InChI is InChI=1S/C35H59N9O9/c1-18(2)11-24(31(48)43-27(35(52)53)13-20(5)6)40-32(49)25(14-22-15-37-17-38-22)41-33(50)28-9-8-10-44(28)34(51)26(12-19(3)4)42-29(46)21(7)39-30(47)23(36)16-45/h15,17-21,23-28,45H,8-14,16,36H2,1-7H3,(H,37,38)(H,39,47)(H,40,49)(H,41,50)(H,42,46)(H,43,48)(H,52,53)/t21-,23-,24-,25-,26-,27-,28-/m0/s1. The fourth-order valence-corrected chi connectivity index (χ4v) is 6.00. The number of rotatable bonds is 21. The predicted molar refractivity (Wildman–Crippen MR) is 193 cm³/mol. The largest absolute Gasteiger partial charge is 0.480 e. The molecule has 1 aliphatic heterocycles. The average molecular weight is 750 g/mol. The highest BCUT2D eigenvalue weighted by Gasteiger charge is 2.40. The van der Waals surface area contributed by atoms with Crippen molar-refractivity contribution in [3.63, 3.8) is 0 Å². The number of nitrogens with two attached hydrogens (primary N) is 1. The van der Waals surface area contributed by atoms with Gasteiger partial charge in [-0.3, -0.25) is 28.8 Å². The van der Waals surface area contributed by atoms with E-state index in [1.165, 1.54) is 24.3 Å². The Balaban J connectivity index is 2.28. The Morgan fingerprint density at radius 1 is 0.792 bits per heavy atom. The van der Waals surface area contributed by atoms with E-state index in [4.69, 9.17) is 10.8 Å². The zero-order chi connectivity index (χ0) is 40.0. The zero-order valence-electron chi connectivity index (χ0n) is 31.8. The quantitative estimate of drug-likeness (QED) is 0.0730. The van der Waals surface area contributed by atoms with Gasteiger partial charge in [-0.25, -0.2) is 9.78 Å². The van der Waals surface area contributed by atoms with Crippen LogP contribution in [-0.4, -0.2) is 122 Å². The maximum Gasteiger partial charge on any atom is 0.326 e. The molecule has 1 aromatic heterocycles. The molecule has 18 heteroatoms. The first-order valence-corrected chi connectivity index (χ1v) is 18.2. The predicted octanol–water partition coefficient (Wildman–Crippen LogP) is -1.07. The number of carbonyl (C=O) groups excluding carboxylic acids is 6. The Kier molecular flexibility index (Phi) is 17.8. The third-order valence-electron chi connectivity index (χ3n) is 8.72. The van der Waals surface area contributed by atoms with Crippen LogP contribution in [0.25, 0.3) is 0 Å². The monoisotopic (exact) mass is 749 g/mol. The molecule has 0 radical (unpaired) electrons. The number of aliphatic hydroxyl groups is 1. The highest BCUT2D eigenvalue weighted by atomic mass is 16.4. The summed E-state index contributed by atoms with van der Waals surface area (Å²) >= 11 is 0. The number of aromatic nitrogens is 2. The molecule has 10 N–H and O–H groups in total. The van der Waals surface area contributed by atoms with Crippen molar-refractivity contribution in [3.8, 4) is 0 Å². The van der Waals surface area contributed by atoms with Crippen LogP contribution < -0.4 is 32.3 Å². The van der Waals surface area contributed by atoms with E-state index in [9.17, 15) is 38.7 Å². The summed E-state index contributed by atoms with van der Waals surface area (Å²) in [5.74, 6) is -5.18. The van der Waals surface area contributed by atoms with Crippen LogP contribution >= 0.6 is 0 Å². The van der Waals surface area contributed by atoms with E-state index >= 15 is 0 Å². The van der Waals surface area contributed by atoms with Gasteiger partial charge >= 0.3 is 5.97 Å². The summed E-state index contributed by atoms with van der Waals surface area (Å²) in [6.45, 7) is 12.1. The van der Waals surface area contributed by atoms with Crippen molar-refractivity contribution in [1.29, 1.82) is 0 Å². The lowest BCUT2D eigenvalue weighted by atomic mass is 10.00. The summed E-state index contributed by atoms with van der Waals surface area (Å²) in [4.78, 5) is 100. The second-order valence-corrected chi connectivity index (χ2v) is 15.0. The minimum absolute atomic E-state index is 0.0180. The number of carbonyl (C=O) groups is 7. The number of carboxylic acids is 1. The van der Waals surface area contributed by atoms with Crippen LogP contribution in [0.5, 0.6) is 0 Å². The van der Waals surface area contributed by atoms with Crippen LogP contribution in [0.4, 0.5) is 0 Å². The van der Waals surface area contributed by atoms with Gasteiger partial charge in [0.2, 0.25) is 35.4 Å². The number of aliphatic carboxylic acids is 1. The number of H-pyrrole nitrogens is 1. The molecule has 1 fully saturated rings. The maximum absolute atomic E-state index is 13.9. The highest BCUT2D eigenvalue weighted by molar-refractivity contribution is 5.97. The SMILES string of the molecule is CC(C)C[C@H](NC(=O)[C@H](CC(C)C)NC(=O)[C@H](Cc1cnc[nH]1)NC(=O)[C@@H]1CCCN1C(=O)[C@H](CC(C)C)NC(=O)[C@H](C)NC(=O)[C@@H](N)CO)C(=O)O. The van der Waals surface area contributed by atoms with Crippen LogP contribution in [-0.2, 0) is 40.0 Å². The van der Waals surface area contributed by atoms with Crippen molar-refractivity contribution in [2.75, 3.05) is 13.2 Å². The number of hydrogen-bond donors (Lipinski definition) is 9. The van der Waals surface area contributed by atoms with Crippen molar-refractivity contribution >= 4 is 41.4 Å². The number of nitrogens with one attached hydrogen (secondary N) is 6. The molecular formula is C35H59N9O9. The highest BCUT2D eigenvalue weighted by Crippen LogP contribution is 2.21. The molecule has 2 heterocycles. The minimum Gasteiger partial charge on any atom is -0.480 e.